The summed E-state index contributed by atoms with van der Waals surface area (Å²) < 4.78 is 50.7. The fourth-order valence-corrected chi connectivity index (χ4v) is 5.71. The zero-order valence-corrected chi connectivity index (χ0v) is 30.2. The summed E-state index contributed by atoms with van der Waals surface area (Å²) in [5.74, 6) is -0.476. The number of amides is 2. The molecule has 1 aromatic heterocycles. The number of ether oxygens (including phenoxy) is 6. The molecule has 0 unspecified atom stereocenters. The van der Waals surface area contributed by atoms with E-state index in [0.29, 0.717) is 12.8 Å². The van der Waals surface area contributed by atoms with Crippen molar-refractivity contribution >= 4 is 38.0 Å². The maximum atomic E-state index is 12.2. The molecule has 3 rings (SSSR count). The van der Waals surface area contributed by atoms with Crippen LogP contribution in [0.25, 0.3) is 0 Å². The number of hydrogen-bond acceptors (Lipinski definition) is 17. The Morgan fingerprint density at radius 3 is 2.45 bits per heavy atom. The minimum atomic E-state index is -4.87. The lowest BCUT2D eigenvalue weighted by Crippen LogP contribution is -2.64. The normalized spacial score (nSPS) is 27.8. The number of rotatable bonds is 23. The maximum absolute atomic E-state index is 12.2. The first-order valence-electron chi connectivity index (χ1n) is 16.6. The predicted molar refractivity (Wildman–Crippen MR) is 181 cm³/mol. The van der Waals surface area contributed by atoms with Gasteiger partial charge in [0.2, 0.25) is 11.8 Å². The van der Waals surface area contributed by atoms with E-state index >= 15 is 0 Å². The molecule has 0 radical (unpaired) electrons. The van der Waals surface area contributed by atoms with Crippen molar-refractivity contribution < 1.29 is 77.3 Å². The largest absolute Gasteiger partial charge is 0.469 e. The number of aliphatic hydroxyl groups excluding tert-OH is 4. The SMILES string of the molecule is C=Nc1c(/C(N)=N\C)ncn1[C@@H]1O[C@H](COP(=O)(O)O)[C@@H](O)[C@H]1OCOCCOCCNC(=O)CCCCO[C@@H]1O[C@H](CO)[C@H](O)[C@H](O)[C@H]1NC(C)=O. The van der Waals surface area contributed by atoms with E-state index in [9.17, 15) is 34.6 Å². The third-order valence-electron chi connectivity index (χ3n) is 8.01. The average Bonchev–Trinajstić information content (AvgIpc) is 3.68. The topological polar surface area (TPSA) is 330 Å². The number of unbranched alkanes of at least 4 members (excludes halogenated alkanes) is 1. The van der Waals surface area contributed by atoms with Gasteiger partial charge >= 0.3 is 7.82 Å². The van der Waals surface area contributed by atoms with Crippen molar-refractivity contribution in [1.29, 1.82) is 0 Å². The van der Waals surface area contributed by atoms with Crippen molar-refractivity contribution in [2.24, 2.45) is 15.7 Å². The highest BCUT2D eigenvalue weighted by Gasteiger charge is 2.48. The summed E-state index contributed by atoms with van der Waals surface area (Å²) in [5, 5.41) is 45.9. The number of aliphatic hydroxyl groups is 4. The monoisotopic (exact) mass is 783 g/mol. The quantitative estimate of drug-likeness (QED) is 0.0171. The molecule has 2 saturated heterocycles. The number of imidazole rings is 1. The Morgan fingerprint density at radius 2 is 1.79 bits per heavy atom. The molecule has 10 N–H and O–H groups in total. The van der Waals surface area contributed by atoms with Gasteiger partial charge in [-0.15, -0.1) is 0 Å². The maximum Gasteiger partial charge on any atom is 0.469 e. The second-order valence-corrected chi connectivity index (χ2v) is 13.1. The molecule has 24 heteroatoms. The summed E-state index contributed by atoms with van der Waals surface area (Å²) >= 11 is 0. The van der Waals surface area contributed by atoms with Crippen molar-refractivity contribution in [3.05, 3.63) is 12.0 Å². The van der Waals surface area contributed by atoms with E-state index in [1.807, 2.05) is 0 Å². The Kier molecular flexibility index (Phi) is 18.2. The molecule has 0 spiro atoms. The van der Waals surface area contributed by atoms with Crippen LogP contribution in [0.5, 0.6) is 0 Å². The van der Waals surface area contributed by atoms with Crippen molar-refractivity contribution in [3.63, 3.8) is 0 Å². The zero-order valence-electron chi connectivity index (χ0n) is 29.3. The van der Waals surface area contributed by atoms with E-state index < -0.39 is 82.1 Å². The number of hydrogen-bond donors (Lipinski definition) is 9. The number of nitrogens with zero attached hydrogens (tertiary/aromatic N) is 4. The van der Waals surface area contributed by atoms with Gasteiger partial charge in [0, 0.05) is 33.5 Å². The van der Waals surface area contributed by atoms with Gasteiger partial charge in [-0.1, -0.05) is 0 Å². The molecule has 9 atom stereocenters. The first-order valence-corrected chi connectivity index (χ1v) is 18.1. The van der Waals surface area contributed by atoms with E-state index in [4.69, 9.17) is 43.9 Å². The minimum absolute atomic E-state index is 0.0575. The lowest BCUT2D eigenvalue weighted by Gasteiger charge is -2.42. The summed E-state index contributed by atoms with van der Waals surface area (Å²) in [7, 11) is -3.41. The Bertz CT molecular complexity index is 1400. The van der Waals surface area contributed by atoms with Gasteiger partial charge in [0.15, 0.2) is 18.3 Å². The molecular weight excluding hydrogens is 733 g/mol. The molecule has 0 saturated carbocycles. The number of phosphoric acid groups is 1. The number of nitrogens with two attached hydrogens (primary N) is 1. The summed E-state index contributed by atoms with van der Waals surface area (Å²) in [6, 6.07) is -1.04. The second-order valence-electron chi connectivity index (χ2n) is 11.8. The van der Waals surface area contributed by atoms with Gasteiger partial charge in [0.05, 0.1) is 39.4 Å². The van der Waals surface area contributed by atoms with Crippen LogP contribution in [0.1, 0.15) is 38.1 Å². The number of carbonyl (C=O) groups excluding carboxylic acids is 2. The van der Waals surface area contributed by atoms with Gasteiger partial charge in [-0.3, -0.25) is 23.7 Å². The van der Waals surface area contributed by atoms with Crippen LogP contribution in [0.3, 0.4) is 0 Å². The lowest BCUT2D eigenvalue weighted by atomic mass is 9.97. The standard InChI is InChI=1S/C29H50N7O16P/c1-16(38)35-20-24(42)22(40)17(12-37)52-29(20)48-8-5-4-6-19(39)33-7-9-46-10-11-47-15-49-25-23(41)18(13-50-53(43,44)45)51-28(25)36-14-34-21(26(30)31-2)27(36)32-3/h14,17-18,20,22-25,28-29,37,40-42H,3-13,15H2,1-2H3,(H2,30,31)(H,33,39)(H,35,38)(H2,43,44,45)/t17-,18-,20-,22+,23-,24-,25-,28-,29-/m1/s1. The summed E-state index contributed by atoms with van der Waals surface area (Å²) in [6.45, 7) is 3.97. The summed E-state index contributed by atoms with van der Waals surface area (Å²) in [5.41, 5.74) is 6.08. The minimum Gasteiger partial charge on any atom is -0.394 e. The number of phosphoric ester groups is 1. The van der Waals surface area contributed by atoms with E-state index in [2.05, 4.69) is 36.8 Å². The molecule has 23 nitrogen and oxygen atoms in total. The van der Waals surface area contributed by atoms with Crippen molar-refractivity contribution in [3.8, 4) is 0 Å². The fourth-order valence-electron chi connectivity index (χ4n) is 5.37. The molecular formula is C29H50N7O16P. The van der Waals surface area contributed by atoms with Crippen LogP contribution in [-0.2, 0) is 47.1 Å². The number of aromatic nitrogens is 2. The second kappa shape index (κ2) is 21.8. The van der Waals surface area contributed by atoms with Crippen LogP contribution in [0.15, 0.2) is 16.3 Å². The lowest BCUT2D eigenvalue weighted by molar-refractivity contribution is -0.270. The van der Waals surface area contributed by atoms with Gasteiger partial charge in [0.1, 0.15) is 61.0 Å². The van der Waals surface area contributed by atoms with Crippen molar-refractivity contribution in [1.82, 2.24) is 20.2 Å². The Morgan fingerprint density at radius 1 is 1.06 bits per heavy atom. The van der Waals surface area contributed by atoms with Crippen LogP contribution in [0.4, 0.5) is 5.82 Å². The molecule has 0 bridgehead atoms. The third kappa shape index (κ3) is 13.4. The highest BCUT2D eigenvalue weighted by atomic mass is 31.2. The summed E-state index contributed by atoms with van der Waals surface area (Å²) in [6.07, 6.45) is -7.47. The fraction of sp³-hybridized carbons (Fsp3) is 0.759. The van der Waals surface area contributed by atoms with E-state index in [0.717, 1.165) is 0 Å². The predicted octanol–water partition coefficient (Wildman–Crippen LogP) is -3.46. The van der Waals surface area contributed by atoms with Crippen molar-refractivity contribution in [2.75, 3.05) is 60.0 Å². The van der Waals surface area contributed by atoms with Gasteiger partial charge in [-0.05, 0) is 19.6 Å². The van der Waals surface area contributed by atoms with Gasteiger partial charge in [0.25, 0.3) is 0 Å². The van der Waals surface area contributed by atoms with Crippen LogP contribution >= 0.6 is 7.82 Å². The number of aliphatic imine (C=N–C) groups is 2. The first kappa shape index (κ1) is 44.4. The summed E-state index contributed by atoms with van der Waals surface area (Å²) in [4.78, 5) is 53.9. The molecule has 53 heavy (non-hydrogen) atoms. The first-order chi connectivity index (χ1) is 25.2. The van der Waals surface area contributed by atoms with E-state index in [-0.39, 0.29) is 69.4 Å². The average molecular weight is 784 g/mol. The molecule has 2 aliphatic rings. The van der Waals surface area contributed by atoms with Crippen molar-refractivity contribution in [2.45, 2.75) is 81.4 Å². The van der Waals surface area contributed by atoms with Crippen LogP contribution in [-0.4, -0.2) is 173 Å². The van der Waals surface area contributed by atoms with E-state index in [1.54, 1.807) is 0 Å². The molecule has 0 aliphatic carbocycles. The highest BCUT2D eigenvalue weighted by molar-refractivity contribution is 7.46. The van der Waals surface area contributed by atoms with Crippen LogP contribution < -0.4 is 16.4 Å². The Hall–Kier alpha value is -3.00. The third-order valence-corrected chi connectivity index (χ3v) is 8.50. The van der Waals surface area contributed by atoms with Gasteiger partial charge in [-0.25, -0.2) is 14.5 Å². The number of nitrogens with one attached hydrogen (secondary N) is 2. The molecule has 302 valence electrons. The molecule has 2 amide bonds. The van der Waals surface area contributed by atoms with Gasteiger partial charge in [-0.2, -0.15) is 0 Å². The smallest absolute Gasteiger partial charge is 0.394 e. The molecule has 3 heterocycles. The van der Waals surface area contributed by atoms with E-state index in [1.165, 1.54) is 24.9 Å². The highest BCUT2D eigenvalue weighted by Crippen LogP contribution is 2.40. The van der Waals surface area contributed by atoms with Gasteiger partial charge < -0.3 is 75.0 Å². The Labute approximate surface area is 304 Å². The molecule has 2 aliphatic heterocycles. The molecule has 1 aromatic rings. The molecule has 2 fully saturated rings. The molecule has 0 aromatic carbocycles. The Balaban J connectivity index is 1.33. The zero-order chi connectivity index (χ0) is 39.1. The van der Waals surface area contributed by atoms with Crippen LogP contribution in [0.2, 0.25) is 0 Å². The van der Waals surface area contributed by atoms with Crippen LogP contribution in [0, 0.1) is 0 Å². The number of amidine groups is 1. The number of carbonyl (C=O) groups is 2.